The van der Waals surface area contributed by atoms with Gasteiger partial charge in [-0.3, -0.25) is 4.79 Å². The predicted octanol–water partition coefficient (Wildman–Crippen LogP) is 0.448. The van der Waals surface area contributed by atoms with E-state index in [0.717, 1.165) is 0 Å². The Kier molecular flexibility index (Phi) is 5.28. The summed E-state index contributed by atoms with van der Waals surface area (Å²) in [4.78, 5) is 15.2. The Hall–Kier alpha value is -1.76. The Morgan fingerprint density at radius 2 is 2.29 bits per heavy atom. The predicted molar refractivity (Wildman–Crippen MR) is 55.2 cm³/mol. The first-order valence-electron chi connectivity index (χ1n) is 4.90. The highest BCUT2D eigenvalue weighted by Gasteiger charge is 2.09. The average Bonchev–Trinajstić information content (AvgIpc) is 2.33. The Balaban J connectivity index is 2.61. The smallest absolute Gasteiger partial charge is 0.272 e. The molecule has 1 aromatic rings. The number of pyridine rings is 1. The first-order valence-corrected chi connectivity index (χ1v) is 4.90. The molecule has 0 aliphatic carbocycles. The normalized spacial score (nSPS) is 10.4. The van der Waals surface area contributed by atoms with Crippen molar-refractivity contribution in [1.29, 1.82) is 0 Å². The summed E-state index contributed by atoms with van der Waals surface area (Å²) in [7, 11) is 0. The molecular formula is C10H12F2N2O3. The molecule has 17 heavy (non-hydrogen) atoms. The fourth-order valence-corrected chi connectivity index (χ4v) is 1.03. The zero-order chi connectivity index (χ0) is 12.7. The Morgan fingerprint density at radius 3 is 2.94 bits per heavy atom. The van der Waals surface area contributed by atoms with Crippen molar-refractivity contribution < 1.29 is 23.4 Å². The number of hydrogen-bond acceptors (Lipinski definition) is 4. The molecule has 1 rings (SSSR count). The molecule has 1 amide bonds. The van der Waals surface area contributed by atoms with Crippen LogP contribution in [-0.2, 0) is 0 Å². The summed E-state index contributed by atoms with van der Waals surface area (Å²) < 4.78 is 28.4. The minimum absolute atomic E-state index is 0.0399. The first kappa shape index (κ1) is 13.3. The molecule has 5 nitrogen and oxygen atoms in total. The van der Waals surface area contributed by atoms with Crippen LogP contribution in [0.2, 0.25) is 0 Å². The van der Waals surface area contributed by atoms with Crippen LogP contribution in [-0.4, -0.2) is 42.2 Å². The van der Waals surface area contributed by atoms with Gasteiger partial charge in [-0.05, 0) is 6.07 Å². The maximum absolute atomic E-state index is 11.9. The number of carbonyl (C=O) groups excluding carboxylic acids is 1. The number of amides is 1. The molecule has 0 aliphatic rings. The van der Waals surface area contributed by atoms with E-state index in [4.69, 9.17) is 5.11 Å². The van der Waals surface area contributed by atoms with Gasteiger partial charge in [0.05, 0.1) is 6.61 Å². The standard InChI is InChI=1S/C10H12F2N2O3/c11-8(12)6-17-9-3-1-2-7(14-9)10(16)13-4-5-15/h1-3,8,15H,4-6H2,(H,13,16). The molecule has 0 fully saturated rings. The van der Waals surface area contributed by atoms with Crippen molar-refractivity contribution >= 4 is 5.91 Å². The van der Waals surface area contributed by atoms with Gasteiger partial charge >= 0.3 is 0 Å². The summed E-state index contributed by atoms with van der Waals surface area (Å²) in [5.74, 6) is -0.538. The van der Waals surface area contributed by atoms with Crippen molar-refractivity contribution in [2.75, 3.05) is 19.8 Å². The van der Waals surface area contributed by atoms with Gasteiger partial charge in [0.25, 0.3) is 12.3 Å². The molecule has 0 unspecified atom stereocenters. The van der Waals surface area contributed by atoms with Gasteiger partial charge in [-0.2, -0.15) is 0 Å². The van der Waals surface area contributed by atoms with Crippen LogP contribution < -0.4 is 10.1 Å². The molecule has 1 heterocycles. The highest BCUT2D eigenvalue weighted by atomic mass is 19.3. The highest BCUT2D eigenvalue weighted by molar-refractivity contribution is 5.92. The fourth-order valence-electron chi connectivity index (χ4n) is 1.03. The van der Waals surface area contributed by atoms with Gasteiger partial charge in [0.15, 0.2) is 6.61 Å². The lowest BCUT2D eigenvalue weighted by atomic mass is 10.3. The van der Waals surface area contributed by atoms with Crippen LogP contribution in [0.3, 0.4) is 0 Å². The number of carbonyl (C=O) groups is 1. The second-order valence-electron chi connectivity index (χ2n) is 3.04. The van der Waals surface area contributed by atoms with Crippen molar-refractivity contribution in [3.8, 4) is 5.88 Å². The minimum Gasteiger partial charge on any atom is -0.472 e. The van der Waals surface area contributed by atoms with Gasteiger partial charge in [-0.15, -0.1) is 0 Å². The Morgan fingerprint density at radius 1 is 1.53 bits per heavy atom. The second kappa shape index (κ2) is 6.74. The van der Waals surface area contributed by atoms with Gasteiger partial charge in [0.2, 0.25) is 5.88 Å². The number of nitrogens with one attached hydrogen (secondary N) is 1. The highest BCUT2D eigenvalue weighted by Crippen LogP contribution is 2.08. The van der Waals surface area contributed by atoms with Crippen LogP contribution in [0.25, 0.3) is 0 Å². The molecular weight excluding hydrogens is 234 g/mol. The Bertz CT molecular complexity index is 374. The van der Waals surface area contributed by atoms with E-state index in [1.807, 2.05) is 0 Å². The van der Waals surface area contributed by atoms with Gasteiger partial charge in [-0.1, -0.05) is 6.07 Å². The summed E-state index contributed by atoms with van der Waals surface area (Å²) in [5.41, 5.74) is 0.0465. The van der Waals surface area contributed by atoms with Gasteiger partial charge in [0.1, 0.15) is 5.69 Å². The van der Waals surface area contributed by atoms with Gasteiger partial charge in [0, 0.05) is 12.6 Å². The quantitative estimate of drug-likeness (QED) is 0.764. The SMILES string of the molecule is O=C(NCCO)c1cccc(OCC(F)F)n1. The first-order chi connectivity index (χ1) is 8.13. The van der Waals surface area contributed by atoms with E-state index >= 15 is 0 Å². The van der Waals surface area contributed by atoms with Crippen LogP contribution >= 0.6 is 0 Å². The molecule has 1 aromatic heterocycles. The van der Waals surface area contributed by atoms with Crippen molar-refractivity contribution in [2.45, 2.75) is 6.43 Å². The lowest BCUT2D eigenvalue weighted by Crippen LogP contribution is -2.27. The van der Waals surface area contributed by atoms with E-state index in [0.29, 0.717) is 0 Å². The number of aliphatic hydroxyl groups is 1. The maximum Gasteiger partial charge on any atom is 0.272 e. The molecule has 7 heteroatoms. The number of hydrogen-bond donors (Lipinski definition) is 2. The third kappa shape index (κ3) is 4.73. The number of aromatic nitrogens is 1. The van der Waals surface area contributed by atoms with Crippen LogP contribution in [0.15, 0.2) is 18.2 Å². The molecule has 0 saturated carbocycles. The molecule has 0 bridgehead atoms. The zero-order valence-electron chi connectivity index (χ0n) is 8.90. The third-order valence-electron chi connectivity index (χ3n) is 1.71. The molecule has 94 valence electrons. The number of halogens is 2. The van der Waals surface area contributed by atoms with Crippen molar-refractivity contribution in [3.63, 3.8) is 0 Å². The lowest BCUT2D eigenvalue weighted by molar-refractivity contribution is 0.0792. The van der Waals surface area contributed by atoms with Gasteiger partial charge < -0.3 is 15.2 Å². The molecule has 0 saturated heterocycles. The number of aliphatic hydroxyl groups excluding tert-OH is 1. The largest absolute Gasteiger partial charge is 0.472 e. The summed E-state index contributed by atoms with van der Waals surface area (Å²) in [6.45, 7) is -0.856. The van der Waals surface area contributed by atoms with E-state index in [1.54, 1.807) is 0 Å². The molecule has 0 aliphatic heterocycles. The molecule has 0 atom stereocenters. The van der Waals surface area contributed by atoms with E-state index in [2.05, 4.69) is 15.0 Å². The number of alkyl halides is 2. The number of ether oxygens (including phenoxy) is 1. The topological polar surface area (TPSA) is 71.5 Å². The monoisotopic (exact) mass is 246 g/mol. The molecule has 0 radical (unpaired) electrons. The van der Waals surface area contributed by atoms with Crippen LogP contribution in [0, 0.1) is 0 Å². The zero-order valence-corrected chi connectivity index (χ0v) is 8.90. The van der Waals surface area contributed by atoms with E-state index < -0.39 is 18.9 Å². The Labute approximate surface area is 96.4 Å². The number of rotatable bonds is 6. The fraction of sp³-hybridized carbons (Fsp3) is 0.400. The lowest BCUT2D eigenvalue weighted by Gasteiger charge is -2.06. The van der Waals surface area contributed by atoms with Gasteiger partial charge in [-0.25, -0.2) is 13.8 Å². The molecule has 2 N–H and O–H groups in total. The second-order valence-corrected chi connectivity index (χ2v) is 3.04. The van der Waals surface area contributed by atoms with Crippen molar-refractivity contribution in [2.24, 2.45) is 0 Å². The van der Waals surface area contributed by atoms with E-state index in [-0.39, 0.29) is 24.7 Å². The maximum atomic E-state index is 11.9. The van der Waals surface area contributed by atoms with Crippen molar-refractivity contribution in [1.82, 2.24) is 10.3 Å². The van der Waals surface area contributed by atoms with E-state index in [1.165, 1.54) is 18.2 Å². The summed E-state index contributed by atoms with van der Waals surface area (Å²) in [6, 6.07) is 4.27. The van der Waals surface area contributed by atoms with Crippen molar-refractivity contribution in [3.05, 3.63) is 23.9 Å². The summed E-state index contributed by atoms with van der Waals surface area (Å²) >= 11 is 0. The minimum atomic E-state index is -2.59. The third-order valence-corrected chi connectivity index (χ3v) is 1.71. The average molecular weight is 246 g/mol. The molecule has 0 spiro atoms. The summed E-state index contributed by atoms with van der Waals surface area (Å²) in [5, 5.41) is 10.9. The van der Waals surface area contributed by atoms with E-state index in [9.17, 15) is 13.6 Å². The molecule has 0 aromatic carbocycles. The summed E-state index contributed by atoms with van der Waals surface area (Å²) in [6.07, 6.45) is -2.59. The van der Waals surface area contributed by atoms with Crippen LogP contribution in [0.1, 0.15) is 10.5 Å². The van der Waals surface area contributed by atoms with Crippen LogP contribution in [0.4, 0.5) is 8.78 Å². The number of nitrogens with zero attached hydrogens (tertiary/aromatic N) is 1. The van der Waals surface area contributed by atoms with Crippen LogP contribution in [0.5, 0.6) is 5.88 Å².